The molecule has 2 aliphatic rings. The summed E-state index contributed by atoms with van der Waals surface area (Å²) in [5.41, 5.74) is 3.68. The first-order valence-corrected chi connectivity index (χ1v) is 9.46. The van der Waals surface area contributed by atoms with Gasteiger partial charge in [0.05, 0.1) is 12.5 Å². The van der Waals surface area contributed by atoms with Gasteiger partial charge in [-0.15, -0.1) is 0 Å². The Morgan fingerprint density at radius 2 is 2.08 bits per heavy atom. The highest BCUT2D eigenvalue weighted by atomic mass is 16.5. The largest absolute Gasteiger partial charge is 0.466 e. The lowest BCUT2D eigenvalue weighted by Crippen LogP contribution is -2.40. The molecular formula is C20H28N2O3. The van der Waals surface area contributed by atoms with E-state index in [-0.39, 0.29) is 17.8 Å². The molecule has 0 bridgehead atoms. The molecule has 0 radical (unpaired) electrons. The molecule has 0 unspecified atom stereocenters. The van der Waals surface area contributed by atoms with Crippen molar-refractivity contribution in [2.24, 2.45) is 5.92 Å². The van der Waals surface area contributed by atoms with Crippen LogP contribution in [-0.4, -0.2) is 43.0 Å². The monoisotopic (exact) mass is 344 g/mol. The minimum Gasteiger partial charge on any atom is -0.466 e. The van der Waals surface area contributed by atoms with Gasteiger partial charge in [-0.3, -0.25) is 9.59 Å². The first-order valence-electron chi connectivity index (χ1n) is 9.46. The number of nitrogens with zero attached hydrogens (tertiary/aromatic N) is 1. The van der Waals surface area contributed by atoms with Crippen LogP contribution >= 0.6 is 0 Å². The maximum Gasteiger partial charge on any atom is 0.310 e. The number of hydrogen-bond acceptors (Lipinski definition) is 4. The molecule has 0 spiro atoms. The average molecular weight is 344 g/mol. The predicted octanol–water partition coefficient (Wildman–Crippen LogP) is 2.78. The van der Waals surface area contributed by atoms with Crippen LogP contribution in [-0.2, 0) is 27.2 Å². The second-order valence-corrected chi connectivity index (χ2v) is 7.03. The topological polar surface area (TPSA) is 58.6 Å². The fourth-order valence-electron chi connectivity index (χ4n) is 3.84. The van der Waals surface area contributed by atoms with Crippen LogP contribution in [0.1, 0.15) is 43.7 Å². The quantitative estimate of drug-likeness (QED) is 0.806. The molecule has 1 aliphatic carbocycles. The van der Waals surface area contributed by atoms with Crippen LogP contribution in [0.15, 0.2) is 18.2 Å². The van der Waals surface area contributed by atoms with Crippen LogP contribution in [0, 0.1) is 5.92 Å². The van der Waals surface area contributed by atoms with Crippen molar-refractivity contribution in [3.8, 4) is 0 Å². The van der Waals surface area contributed by atoms with Gasteiger partial charge in [0.25, 0.3) is 0 Å². The predicted molar refractivity (Wildman–Crippen MR) is 97.5 cm³/mol. The summed E-state index contributed by atoms with van der Waals surface area (Å²) in [7, 11) is 0. The Labute approximate surface area is 149 Å². The minimum atomic E-state index is -0.102. The highest BCUT2D eigenvalue weighted by Crippen LogP contribution is 2.25. The van der Waals surface area contributed by atoms with Gasteiger partial charge in [0.2, 0.25) is 5.91 Å². The van der Waals surface area contributed by atoms with Crippen molar-refractivity contribution in [1.82, 2.24) is 4.90 Å². The summed E-state index contributed by atoms with van der Waals surface area (Å²) in [6.45, 7) is 4.60. The molecule has 1 fully saturated rings. The third-order valence-electron chi connectivity index (χ3n) is 5.16. The number of anilines is 1. The Balaban J connectivity index is 1.45. The molecule has 1 saturated heterocycles. The van der Waals surface area contributed by atoms with E-state index in [1.807, 2.05) is 13.0 Å². The first kappa shape index (κ1) is 17.9. The normalized spacial score (nSPS) is 20.1. The highest BCUT2D eigenvalue weighted by molar-refractivity contribution is 5.91. The van der Waals surface area contributed by atoms with Gasteiger partial charge in [-0.1, -0.05) is 6.07 Å². The summed E-state index contributed by atoms with van der Waals surface area (Å²) in [5, 5.41) is 3.01. The number of esters is 1. The summed E-state index contributed by atoms with van der Waals surface area (Å²) >= 11 is 0. The van der Waals surface area contributed by atoms with Gasteiger partial charge in [-0.05, 0) is 68.8 Å². The van der Waals surface area contributed by atoms with Crippen molar-refractivity contribution in [2.45, 2.75) is 45.4 Å². The SMILES string of the molecule is CCOC(=O)[C@H]1CCCN(CCC(=O)Nc2ccc3c(c2)CCC3)C1. The summed E-state index contributed by atoms with van der Waals surface area (Å²) in [6, 6.07) is 6.24. The molecule has 136 valence electrons. The summed E-state index contributed by atoms with van der Waals surface area (Å²) in [4.78, 5) is 26.3. The molecule has 1 aliphatic heterocycles. The molecule has 1 aromatic rings. The minimum absolute atomic E-state index is 0.0382. The van der Waals surface area contributed by atoms with E-state index in [9.17, 15) is 9.59 Å². The van der Waals surface area contributed by atoms with Crippen molar-refractivity contribution in [3.63, 3.8) is 0 Å². The van der Waals surface area contributed by atoms with E-state index >= 15 is 0 Å². The van der Waals surface area contributed by atoms with Gasteiger partial charge < -0.3 is 15.0 Å². The fraction of sp³-hybridized carbons (Fsp3) is 0.600. The maximum atomic E-state index is 12.2. The van der Waals surface area contributed by atoms with Crippen molar-refractivity contribution < 1.29 is 14.3 Å². The van der Waals surface area contributed by atoms with Gasteiger partial charge in [0.15, 0.2) is 0 Å². The van der Waals surface area contributed by atoms with E-state index in [0.717, 1.165) is 37.9 Å². The third-order valence-corrected chi connectivity index (χ3v) is 5.16. The van der Waals surface area contributed by atoms with E-state index in [2.05, 4.69) is 22.3 Å². The zero-order chi connectivity index (χ0) is 17.6. The molecular weight excluding hydrogens is 316 g/mol. The van der Waals surface area contributed by atoms with Crippen LogP contribution in [0.3, 0.4) is 0 Å². The van der Waals surface area contributed by atoms with E-state index in [1.54, 1.807) is 0 Å². The molecule has 5 nitrogen and oxygen atoms in total. The van der Waals surface area contributed by atoms with Crippen molar-refractivity contribution >= 4 is 17.6 Å². The first-order chi connectivity index (χ1) is 12.2. The number of aryl methyl sites for hydroxylation is 2. The standard InChI is InChI=1S/C20H28N2O3/c1-2-25-20(24)17-7-4-11-22(14-17)12-10-19(23)21-18-9-8-15-5-3-6-16(15)13-18/h8-9,13,17H,2-7,10-12,14H2,1H3,(H,21,23)/t17-/m0/s1. The Bertz CT molecular complexity index is 629. The molecule has 1 heterocycles. The lowest BCUT2D eigenvalue weighted by molar-refractivity contribution is -0.149. The number of hydrogen-bond donors (Lipinski definition) is 1. The molecule has 1 N–H and O–H groups in total. The number of fused-ring (bicyclic) bond motifs is 1. The molecule has 1 aromatic carbocycles. The van der Waals surface area contributed by atoms with E-state index < -0.39 is 0 Å². The molecule has 1 atom stereocenters. The summed E-state index contributed by atoms with van der Waals surface area (Å²) in [5.74, 6) is -0.112. The van der Waals surface area contributed by atoms with Crippen LogP contribution in [0.4, 0.5) is 5.69 Å². The average Bonchev–Trinajstić information content (AvgIpc) is 3.08. The maximum absolute atomic E-state index is 12.2. The Morgan fingerprint density at radius 1 is 1.24 bits per heavy atom. The van der Waals surface area contributed by atoms with Crippen molar-refractivity contribution in [2.75, 3.05) is 31.6 Å². The van der Waals surface area contributed by atoms with E-state index in [1.165, 1.54) is 17.5 Å². The lowest BCUT2D eigenvalue weighted by atomic mass is 9.98. The number of piperidine rings is 1. The number of likely N-dealkylation sites (tertiary alicyclic amines) is 1. The van der Waals surface area contributed by atoms with E-state index in [0.29, 0.717) is 26.1 Å². The summed E-state index contributed by atoms with van der Waals surface area (Å²) < 4.78 is 5.13. The van der Waals surface area contributed by atoms with Gasteiger partial charge in [-0.2, -0.15) is 0 Å². The van der Waals surface area contributed by atoms with Gasteiger partial charge in [0.1, 0.15) is 0 Å². The Kier molecular flexibility index (Phi) is 6.08. The van der Waals surface area contributed by atoms with Crippen LogP contribution in [0.25, 0.3) is 0 Å². The van der Waals surface area contributed by atoms with E-state index in [4.69, 9.17) is 4.74 Å². The number of rotatable bonds is 6. The van der Waals surface area contributed by atoms with Gasteiger partial charge >= 0.3 is 5.97 Å². The van der Waals surface area contributed by atoms with Crippen LogP contribution < -0.4 is 5.32 Å². The molecule has 3 rings (SSSR count). The number of ether oxygens (including phenoxy) is 1. The second-order valence-electron chi connectivity index (χ2n) is 7.03. The van der Waals surface area contributed by atoms with Crippen LogP contribution in [0.2, 0.25) is 0 Å². The van der Waals surface area contributed by atoms with Crippen LogP contribution in [0.5, 0.6) is 0 Å². The van der Waals surface area contributed by atoms with Gasteiger partial charge in [0, 0.05) is 25.2 Å². The Morgan fingerprint density at radius 3 is 2.92 bits per heavy atom. The molecule has 25 heavy (non-hydrogen) atoms. The molecule has 5 heteroatoms. The zero-order valence-electron chi connectivity index (χ0n) is 15.1. The lowest BCUT2D eigenvalue weighted by Gasteiger charge is -2.31. The number of nitrogens with one attached hydrogen (secondary N) is 1. The zero-order valence-corrected chi connectivity index (χ0v) is 15.1. The molecule has 1 amide bonds. The molecule has 0 aromatic heterocycles. The second kappa shape index (κ2) is 8.48. The van der Waals surface area contributed by atoms with Gasteiger partial charge in [-0.25, -0.2) is 0 Å². The number of amides is 1. The number of carbonyl (C=O) groups excluding carboxylic acids is 2. The number of carbonyl (C=O) groups is 2. The Hall–Kier alpha value is -1.88. The third kappa shape index (κ3) is 4.82. The number of benzene rings is 1. The summed E-state index contributed by atoms with van der Waals surface area (Å²) in [6.07, 6.45) is 5.80. The smallest absolute Gasteiger partial charge is 0.310 e. The van der Waals surface area contributed by atoms with Crippen molar-refractivity contribution in [3.05, 3.63) is 29.3 Å². The molecule has 0 saturated carbocycles. The van der Waals surface area contributed by atoms with Crippen molar-refractivity contribution in [1.29, 1.82) is 0 Å². The fourth-order valence-corrected chi connectivity index (χ4v) is 3.84. The highest BCUT2D eigenvalue weighted by Gasteiger charge is 2.26.